The van der Waals surface area contributed by atoms with Gasteiger partial charge in [0.25, 0.3) is 0 Å². The van der Waals surface area contributed by atoms with E-state index >= 15 is 0 Å². The predicted octanol–water partition coefficient (Wildman–Crippen LogP) is 2.33. The Balaban J connectivity index is 2.44. The topological polar surface area (TPSA) is 9.23 Å². The van der Waals surface area contributed by atoms with Crippen LogP contribution in [-0.4, -0.2) is 12.3 Å². The number of rotatable bonds is 2. The first-order chi connectivity index (χ1) is 4.84. The molecule has 0 N–H and O–H groups in total. The number of hydrogen-bond acceptors (Lipinski definition) is 1. The highest BCUT2D eigenvalue weighted by atomic mass is 31.0. The van der Waals surface area contributed by atoms with Crippen molar-refractivity contribution in [2.75, 3.05) is 6.61 Å². The van der Waals surface area contributed by atoms with Gasteiger partial charge in [-0.2, -0.15) is 0 Å². The maximum Gasteiger partial charge on any atom is 0.0988 e. The molecule has 0 aromatic rings. The van der Waals surface area contributed by atoms with E-state index in [2.05, 4.69) is 22.2 Å². The molecule has 0 saturated carbocycles. The summed E-state index contributed by atoms with van der Waals surface area (Å²) in [5, 5.41) is 0. The lowest BCUT2D eigenvalue weighted by Crippen LogP contribution is -2.09. The molecule has 58 valence electrons. The largest absolute Gasteiger partial charge is 0.498 e. The summed E-state index contributed by atoms with van der Waals surface area (Å²) in [5.41, 5.74) is 0.542. The second-order valence-electron chi connectivity index (χ2n) is 2.61. The fourth-order valence-electron chi connectivity index (χ4n) is 1.04. The van der Waals surface area contributed by atoms with E-state index in [0.29, 0.717) is 5.66 Å². The molecule has 1 aliphatic heterocycles. The van der Waals surface area contributed by atoms with Gasteiger partial charge in [0.15, 0.2) is 0 Å². The molecule has 1 nitrogen and oxygen atoms in total. The summed E-state index contributed by atoms with van der Waals surface area (Å²) in [6.45, 7) is 3.09. The van der Waals surface area contributed by atoms with Crippen LogP contribution in [0.15, 0.2) is 11.8 Å². The minimum absolute atomic E-state index is 0.542. The van der Waals surface area contributed by atoms with Crippen molar-refractivity contribution in [1.29, 1.82) is 0 Å². The van der Waals surface area contributed by atoms with Crippen LogP contribution < -0.4 is 0 Å². The Kier molecular flexibility index (Phi) is 3.21. The molecule has 0 saturated heterocycles. The van der Waals surface area contributed by atoms with Gasteiger partial charge < -0.3 is 4.74 Å². The van der Waals surface area contributed by atoms with Gasteiger partial charge in [-0.1, -0.05) is 6.92 Å². The lowest BCUT2D eigenvalue weighted by atomic mass is 10.2. The van der Waals surface area contributed by atoms with E-state index in [-0.39, 0.29) is 0 Å². The molecule has 2 unspecified atom stereocenters. The van der Waals surface area contributed by atoms with Crippen molar-refractivity contribution in [3.8, 4) is 0 Å². The fourth-order valence-corrected chi connectivity index (χ4v) is 1.27. The highest BCUT2D eigenvalue weighted by Gasteiger charge is 2.10. The maximum atomic E-state index is 5.47. The van der Waals surface area contributed by atoms with Gasteiger partial charge in [0.2, 0.25) is 0 Å². The van der Waals surface area contributed by atoms with Crippen LogP contribution in [0.4, 0.5) is 0 Å². The smallest absolute Gasteiger partial charge is 0.0988 e. The van der Waals surface area contributed by atoms with E-state index in [1.807, 2.05) is 0 Å². The standard InChI is InChI=1S/C8H15OP/c1-2-8(10)7-5-3-4-6-9-7/h5,8H,2-4,6,10H2,1H3. The van der Waals surface area contributed by atoms with Gasteiger partial charge in [0, 0.05) is 5.66 Å². The molecule has 0 aromatic heterocycles. The van der Waals surface area contributed by atoms with Crippen LogP contribution in [0, 0.1) is 0 Å². The molecular weight excluding hydrogens is 143 g/mol. The average Bonchev–Trinajstić information content (AvgIpc) is 2.05. The van der Waals surface area contributed by atoms with Crippen LogP contribution in [0.1, 0.15) is 26.2 Å². The second kappa shape index (κ2) is 3.98. The quantitative estimate of drug-likeness (QED) is 0.560. The van der Waals surface area contributed by atoms with E-state index in [4.69, 9.17) is 4.74 Å². The third kappa shape index (κ3) is 1.98. The zero-order chi connectivity index (χ0) is 7.40. The van der Waals surface area contributed by atoms with Gasteiger partial charge >= 0.3 is 0 Å². The molecule has 1 aliphatic rings. The molecule has 0 fully saturated rings. The normalized spacial score (nSPS) is 21.2. The Hall–Kier alpha value is -0.0300. The third-order valence-corrected chi connectivity index (χ3v) is 2.57. The van der Waals surface area contributed by atoms with E-state index in [1.165, 1.54) is 18.6 Å². The molecule has 2 atom stereocenters. The van der Waals surface area contributed by atoms with Crippen LogP contribution in [0.2, 0.25) is 0 Å². The van der Waals surface area contributed by atoms with Crippen LogP contribution >= 0.6 is 9.24 Å². The van der Waals surface area contributed by atoms with Gasteiger partial charge in [0.05, 0.1) is 12.4 Å². The van der Waals surface area contributed by atoms with E-state index < -0.39 is 0 Å². The predicted molar refractivity (Wildman–Crippen MR) is 47.1 cm³/mol. The Morgan fingerprint density at radius 3 is 3.10 bits per heavy atom. The Labute approximate surface area is 65.0 Å². The molecule has 0 radical (unpaired) electrons. The number of ether oxygens (including phenoxy) is 1. The van der Waals surface area contributed by atoms with Crippen molar-refractivity contribution >= 4 is 9.24 Å². The molecule has 0 spiro atoms. The Morgan fingerprint density at radius 2 is 2.60 bits per heavy atom. The summed E-state index contributed by atoms with van der Waals surface area (Å²) in [7, 11) is 2.81. The zero-order valence-electron chi connectivity index (χ0n) is 6.47. The first-order valence-electron chi connectivity index (χ1n) is 3.93. The molecule has 0 aliphatic carbocycles. The summed E-state index contributed by atoms with van der Waals surface area (Å²) >= 11 is 0. The second-order valence-corrected chi connectivity index (χ2v) is 3.42. The first-order valence-corrected chi connectivity index (χ1v) is 4.59. The van der Waals surface area contributed by atoms with Crippen LogP contribution in [-0.2, 0) is 4.74 Å². The van der Waals surface area contributed by atoms with Gasteiger partial charge in [-0.25, -0.2) is 0 Å². The first kappa shape index (κ1) is 8.07. The van der Waals surface area contributed by atoms with Gasteiger partial charge in [0.1, 0.15) is 0 Å². The van der Waals surface area contributed by atoms with Crippen LogP contribution in [0.3, 0.4) is 0 Å². The highest BCUT2D eigenvalue weighted by Crippen LogP contribution is 2.21. The molecule has 0 amide bonds. The number of allylic oxidation sites excluding steroid dienone is 2. The Bertz CT molecular complexity index is 131. The van der Waals surface area contributed by atoms with Crippen LogP contribution in [0.25, 0.3) is 0 Å². The molecule has 0 aromatic carbocycles. The highest BCUT2D eigenvalue weighted by molar-refractivity contribution is 7.18. The zero-order valence-corrected chi connectivity index (χ0v) is 7.62. The van der Waals surface area contributed by atoms with E-state index in [0.717, 1.165) is 13.0 Å². The van der Waals surface area contributed by atoms with Crippen molar-refractivity contribution in [3.63, 3.8) is 0 Å². The molecule has 1 rings (SSSR count). The fraction of sp³-hybridized carbons (Fsp3) is 0.750. The van der Waals surface area contributed by atoms with Gasteiger partial charge in [-0.3, -0.25) is 0 Å². The summed E-state index contributed by atoms with van der Waals surface area (Å²) in [5.74, 6) is 1.18. The SMILES string of the molecule is CCC(P)C1=CCCCO1. The lowest BCUT2D eigenvalue weighted by molar-refractivity contribution is 0.186. The maximum absolute atomic E-state index is 5.47. The van der Waals surface area contributed by atoms with Crippen molar-refractivity contribution in [2.24, 2.45) is 0 Å². The minimum atomic E-state index is 0.542. The van der Waals surface area contributed by atoms with Crippen molar-refractivity contribution < 1.29 is 4.74 Å². The van der Waals surface area contributed by atoms with Gasteiger partial charge in [-0.15, -0.1) is 9.24 Å². The summed E-state index contributed by atoms with van der Waals surface area (Å²) in [6.07, 6.45) is 5.74. The third-order valence-electron chi connectivity index (χ3n) is 1.77. The average molecular weight is 158 g/mol. The molecule has 10 heavy (non-hydrogen) atoms. The summed E-state index contributed by atoms with van der Waals surface area (Å²) < 4.78 is 5.47. The van der Waals surface area contributed by atoms with Crippen LogP contribution in [0.5, 0.6) is 0 Å². The number of hydrogen-bond donors (Lipinski definition) is 0. The summed E-state index contributed by atoms with van der Waals surface area (Å²) in [4.78, 5) is 0. The molecule has 1 heterocycles. The van der Waals surface area contributed by atoms with Gasteiger partial charge in [-0.05, 0) is 25.3 Å². The summed E-state index contributed by atoms with van der Waals surface area (Å²) in [6, 6.07) is 0. The monoisotopic (exact) mass is 158 g/mol. The molecule has 0 bridgehead atoms. The molecular formula is C8H15OP. The minimum Gasteiger partial charge on any atom is -0.498 e. The molecule has 2 heteroatoms. The van der Waals surface area contributed by atoms with Crippen molar-refractivity contribution in [3.05, 3.63) is 11.8 Å². The van der Waals surface area contributed by atoms with E-state index in [1.54, 1.807) is 0 Å². The van der Waals surface area contributed by atoms with Crippen molar-refractivity contribution in [2.45, 2.75) is 31.8 Å². The lowest BCUT2D eigenvalue weighted by Gasteiger charge is -2.19. The van der Waals surface area contributed by atoms with E-state index in [9.17, 15) is 0 Å². The Morgan fingerprint density at radius 1 is 1.80 bits per heavy atom. The van der Waals surface area contributed by atoms with Crippen molar-refractivity contribution in [1.82, 2.24) is 0 Å².